The maximum absolute atomic E-state index is 6.52. The van der Waals surface area contributed by atoms with Crippen molar-refractivity contribution in [2.45, 2.75) is 44.7 Å². The van der Waals surface area contributed by atoms with Crippen LogP contribution in [0.2, 0.25) is 10.0 Å². The highest BCUT2D eigenvalue weighted by molar-refractivity contribution is 6.35. The Bertz CT molecular complexity index is 805. The Morgan fingerprint density at radius 1 is 1.08 bits per heavy atom. The van der Waals surface area contributed by atoms with Gasteiger partial charge in [-0.3, -0.25) is 0 Å². The van der Waals surface area contributed by atoms with E-state index in [2.05, 4.69) is 54.1 Å². The maximum Gasteiger partial charge on any atom is 0.0468 e. The van der Waals surface area contributed by atoms with Crippen LogP contribution in [0.15, 0.2) is 36.4 Å². The molecule has 2 aromatic carbocycles. The highest BCUT2D eigenvalue weighted by Gasteiger charge is 2.28. The zero-order chi connectivity index (χ0) is 18.3. The molecule has 2 nitrogen and oxygen atoms in total. The third kappa shape index (κ3) is 3.47. The van der Waals surface area contributed by atoms with Gasteiger partial charge >= 0.3 is 0 Å². The number of benzene rings is 2. The lowest BCUT2D eigenvalue weighted by Gasteiger charge is -2.37. The van der Waals surface area contributed by atoms with E-state index in [4.69, 9.17) is 23.2 Å². The number of piperidine rings is 1. The molecule has 2 heterocycles. The quantitative estimate of drug-likeness (QED) is 0.626. The molecule has 0 N–H and O–H groups in total. The van der Waals surface area contributed by atoms with Crippen LogP contribution >= 0.6 is 23.2 Å². The van der Waals surface area contributed by atoms with Crippen LogP contribution in [-0.2, 0) is 6.54 Å². The molecule has 1 fully saturated rings. The van der Waals surface area contributed by atoms with Crippen molar-refractivity contribution < 1.29 is 0 Å². The van der Waals surface area contributed by atoms with Gasteiger partial charge in [0.2, 0.25) is 0 Å². The van der Waals surface area contributed by atoms with E-state index in [0.29, 0.717) is 12.0 Å². The summed E-state index contributed by atoms with van der Waals surface area (Å²) >= 11 is 12.9. The predicted octanol–water partition coefficient (Wildman–Crippen LogP) is 5.95. The number of anilines is 1. The first-order valence-corrected chi connectivity index (χ1v) is 10.3. The number of nitrogens with zero attached hydrogens (tertiary/aromatic N) is 2. The number of fused-ring (bicyclic) bond motifs is 1. The average molecular weight is 389 g/mol. The Kier molecular flexibility index (Phi) is 5.18. The van der Waals surface area contributed by atoms with Crippen molar-refractivity contribution in [2.75, 3.05) is 25.0 Å². The van der Waals surface area contributed by atoms with Crippen LogP contribution in [0.25, 0.3) is 0 Å². The molecule has 0 aliphatic carbocycles. The van der Waals surface area contributed by atoms with Crippen molar-refractivity contribution in [1.29, 1.82) is 0 Å². The van der Waals surface area contributed by atoms with Gasteiger partial charge in [0.05, 0.1) is 0 Å². The van der Waals surface area contributed by atoms with Crippen molar-refractivity contribution in [2.24, 2.45) is 0 Å². The summed E-state index contributed by atoms with van der Waals surface area (Å²) in [5.41, 5.74) is 5.19. The second-order valence-corrected chi connectivity index (χ2v) is 8.68. The Morgan fingerprint density at radius 2 is 1.92 bits per heavy atom. The van der Waals surface area contributed by atoms with E-state index < -0.39 is 0 Å². The van der Waals surface area contributed by atoms with Crippen LogP contribution < -0.4 is 4.90 Å². The van der Waals surface area contributed by atoms with E-state index in [1.165, 1.54) is 41.6 Å². The highest BCUT2D eigenvalue weighted by atomic mass is 35.5. The van der Waals surface area contributed by atoms with Gasteiger partial charge in [0, 0.05) is 47.3 Å². The van der Waals surface area contributed by atoms with Gasteiger partial charge in [0.25, 0.3) is 0 Å². The topological polar surface area (TPSA) is 6.48 Å². The highest BCUT2D eigenvalue weighted by Crippen LogP contribution is 2.39. The fourth-order valence-electron chi connectivity index (χ4n) is 4.53. The molecule has 1 saturated heterocycles. The second-order valence-electron chi connectivity index (χ2n) is 7.84. The van der Waals surface area contributed by atoms with Crippen molar-refractivity contribution in [3.8, 4) is 0 Å². The van der Waals surface area contributed by atoms with Crippen LogP contribution in [0.4, 0.5) is 5.69 Å². The normalized spacial score (nSPS) is 23.8. The smallest absolute Gasteiger partial charge is 0.0468 e. The fourth-order valence-corrected chi connectivity index (χ4v) is 5.10. The molecular formula is C22H26Cl2N2. The molecule has 2 aliphatic heterocycles. The maximum atomic E-state index is 6.52. The van der Waals surface area contributed by atoms with E-state index in [9.17, 15) is 0 Å². The molecule has 0 spiro atoms. The van der Waals surface area contributed by atoms with Gasteiger partial charge in [-0.25, -0.2) is 0 Å². The molecule has 26 heavy (non-hydrogen) atoms. The van der Waals surface area contributed by atoms with E-state index in [-0.39, 0.29) is 0 Å². The monoisotopic (exact) mass is 388 g/mol. The van der Waals surface area contributed by atoms with Crippen molar-refractivity contribution in [3.63, 3.8) is 0 Å². The largest absolute Gasteiger partial charge is 0.369 e. The zero-order valence-corrected chi connectivity index (χ0v) is 17.0. The molecule has 2 aromatic rings. The molecule has 0 amide bonds. The summed E-state index contributed by atoms with van der Waals surface area (Å²) in [6.45, 7) is 5.37. The minimum absolute atomic E-state index is 0.306. The van der Waals surface area contributed by atoms with Crippen LogP contribution in [0.3, 0.4) is 0 Å². The van der Waals surface area contributed by atoms with Gasteiger partial charge in [-0.1, -0.05) is 35.3 Å². The molecule has 0 bridgehead atoms. The lowest BCUT2D eigenvalue weighted by Crippen LogP contribution is -2.37. The van der Waals surface area contributed by atoms with E-state index in [1.54, 1.807) is 0 Å². The summed E-state index contributed by atoms with van der Waals surface area (Å²) in [4.78, 5) is 4.91. The van der Waals surface area contributed by atoms with Gasteiger partial charge in [0.1, 0.15) is 0 Å². The van der Waals surface area contributed by atoms with Gasteiger partial charge < -0.3 is 9.80 Å². The zero-order valence-electron chi connectivity index (χ0n) is 15.5. The van der Waals surface area contributed by atoms with Gasteiger partial charge in [-0.15, -0.1) is 0 Å². The van der Waals surface area contributed by atoms with E-state index in [1.807, 2.05) is 6.07 Å². The Hall–Kier alpha value is -1.22. The standard InChI is InChI=1S/C22H26Cl2N2/c1-15-6-3-4-9-26(15)18-8-5-7-16(10-18)20-13-25(2)14-21-19(20)11-17(23)12-22(21)24/h5,7-8,10-12,15,20H,3-4,6,9,13-14H2,1-2H3. The molecule has 2 unspecified atom stereocenters. The molecule has 4 rings (SSSR count). The van der Waals surface area contributed by atoms with Crippen molar-refractivity contribution >= 4 is 28.9 Å². The van der Waals surface area contributed by atoms with Crippen LogP contribution in [0.1, 0.15) is 48.8 Å². The van der Waals surface area contributed by atoms with E-state index in [0.717, 1.165) is 29.7 Å². The number of halogens is 2. The summed E-state index contributed by atoms with van der Waals surface area (Å²) < 4.78 is 0. The lowest BCUT2D eigenvalue weighted by atomic mass is 9.84. The van der Waals surface area contributed by atoms with Crippen LogP contribution in [0.5, 0.6) is 0 Å². The molecular weight excluding hydrogens is 363 g/mol. The summed E-state index contributed by atoms with van der Waals surface area (Å²) in [5.74, 6) is 0.306. The molecule has 138 valence electrons. The number of likely N-dealkylation sites (N-methyl/N-ethyl adjacent to an activating group) is 1. The van der Waals surface area contributed by atoms with Gasteiger partial charge in [-0.2, -0.15) is 0 Å². The molecule has 0 aromatic heterocycles. The van der Waals surface area contributed by atoms with Gasteiger partial charge in [0.15, 0.2) is 0 Å². The first-order valence-electron chi connectivity index (χ1n) is 9.56. The molecule has 4 heteroatoms. The number of rotatable bonds is 2. The van der Waals surface area contributed by atoms with E-state index >= 15 is 0 Å². The Balaban J connectivity index is 1.73. The second kappa shape index (κ2) is 7.42. The third-order valence-corrected chi connectivity index (χ3v) is 6.46. The molecule has 2 atom stereocenters. The molecule has 2 aliphatic rings. The minimum Gasteiger partial charge on any atom is -0.369 e. The summed E-state index contributed by atoms with van der Waals surface area (Å²) in [5, 5.41) is 1.51. The Labute approximate surface area is 166 Å². The lowest BCUT2D eigenvalue weighted by molar-refractivity contribution is 0.295. The third-order valence-electron chi connectivity index (χ3n) is 5.90. The SMILES string of the molecule is CC1CCCCN1c1cccc(C2CN(C)Cc3c(Cl)cc(Cl)cc32)c1. The summed E-state index contributed by atoms with van der Waals surface area (Å²) in [6, 6.07) is 13.7. The van der Waals surface area contributed by atoms with Crippen LogP contribution in [0, 0.1) is 0 Å². The summed E-state index contributed by atoms with van der Waals surface area (Å²) in [7, 11) is 2.16. The first kappa shape index (κ1) is 18.2. The summed E-state index contributed by atoms with van der Waals surface area (Å²) in [6.07, 6.45) is 3.91. The minimum atomic E-state index is 0.306. The fraction of sp³-hybridized carbons (Fsp3) is 0.455. The predicted molar refractivity (Wildman–Crippen MR) is 112 cm³/mol. The molecule has 0 saturated carbocycles. The van der Waals surface area contributed by atoms with Crippen molar-refractivity contribution in [3.05, 3.63) is 63.1 Å². The molecule has 0 radical (unpaired) electrons. The Morgan fingerprint density at radius 3 is 2.73 bits per heavy atom. The average Bonchev–Trinajstić information content (AvgIpc) is 2.62. The number of hydrogen-bond acceptors (Lipinski definition) is 2. The van der Waals surface area contributed by atoms with Crippen LogP contribution in [-0.4, -0.2) is 31.1 Å². The van der Waals surface area contributed by atoms with Gasteiger partial charge in [-0.05, 0) is 74.2 Å². The number of hydrogen-bond donors (Lipinski definition) is 0. The van der Waals surface area contributed by atoms with Crippen molar-refractivity contribution in [1.82, 2.24) is 4.90 Å². The first-order chi connectivity index (χ1) is 12.5.